The molecule has 1 aliphatic rings. The van der Waals surface area contributed by atoms with Crippen LogP contribution >= 0.6 is 0 Å². The standard InChI is InChI=1S/C18H25N5O3/c1-13(2)8-17-21-16(22-26-17)5-7-25-15-4-3-6-23(11-15)18(24)14-9-19-12-20-10-14/h9-10,12-13,15H,3-8,11H2,1-2H3. The zero-order chi connectivity index (χ0) is 18.4. The molecule has 0 saturated carbocycles. The molecule has 1 atom stereocenters. The lowest BCUT2D eigenvalue weighted by atomic mass is 10.1. The number of piperidine rings is 1. The molecule has 0 aliphatic carbocycles. The molecule has 2 aromatic heterocycles. The largest absolute Gasteiger partial charge is 0.376 e. The van der Waals surface area contributed by atoms with Crippen LogP contribution in [0.3, 0.4) is 0 Å². The number of nitrogens with zero attached hydrogens (tertiary/aromatic N) is 5. The van der Waals surface area contributed by atoms with Gasteiger partial charge in [-0.25, -0.2) is 9.97 Å². The highest BCUT2D eigenvalue weighted by atomic mass is 16.5. The Morgan fingerprint density at radius 2 is 2.19 bits per heavy atom. The van der Waals surface area contributed by atoms with E-state index in [-0.39, 0.29) is 12.0 Å². The number of aromatic nitrogens is 4. The fourth-order valence-corrected chi connectivity index (χ4v) is 2.99. The quantitative estimate of drug-likeness (QED) is 0.745. The minimum atomic E-state index is -0.0459. The maximum absolute atomic E-state index is 12.5. The molecule has 1 saturated heterocycles. The van der Waals surface area contributed by atoms with Crippen LogP contribution in [0.15, 0.2) is 23.2 Å². The summed E-state index contributed by atoms with van der Waals surface area (Å²) in [7, 11) is 0. The normalized spacial score (nSPS) is 17.7. The van der Waals surface area contributed by atoms with Gasteiger partial charge in [0.2, 0.25) is 5.89 Å². The van der Waals surface area contributed by atoms with Crippen LogP contribution in [0.5, 0.6) is 0 Å². The lowest BCUT2D eigenvalue weighted by Gasteiger charge is -2.32. The Bertz CT molecular complexity index is 704. The van der Waals surface area contributed by atoms with E-state index in [1.54, 1.807) is 12.4 Å². The van der Waals surface area contributed by atoms with E-state index in [1.807, 2.05) is 4.90 Å². The molecule has 1 aliphatic heterocycles. The summed E-state index contributed by atoms with van der Waals surface area (Å²) in [6.45, 7) is 6.06. The third-order valence-electron chi connectivity index (χ3n) is 4.25. The zero-order valence-corrected chi connectivity index (χ0v) is 15.3. The molecule has 2 aromatic rings. The van der Waals surface area contributed by atoms with Crippen molar-refractivity contribution in [2.45, 2.75) is 45.6 Å². The first kappa shape index (κ1) is 18.4. The number of hydrogen-bond acceptors (Lipinski definition) is 7. The van der Waals surface area contributed by atoms with Crippen LogP contribution in [0.4, 0.5) is 0 Å². The number of hydrogen-bond donors (Lipinski definition) is 0. The van der Waals surface area contributed by atoms with Crippen molar-refractivity contribution in [3.8, 4) is 0 Å². The van der Waals surface area contributed by atoms with Crippen molar-refractivity contribution < 1.29 is 14.1 Å². The van der Waals surface area contributed by atoms with E-state index in [0.29, 0.717) is 42.8 Å². The Morgan fingerprint density at radius 1 is 1.38 bits per heavy atom. The van der Waals surface area contributed by atoms with Crippen LogP contribution in [0, 0.1) is 5.92 Å². The molecule has 0 radical (unpaired) electrons. The molecule has 8 nitrogen and oxygen atoms in total. The van der Waals surface area contributed by atoms with Crippen molar-refractivity contribution in [1.82, 2.24) is 25.0 Å². The summed E-state index contributed by atoms with van der Waals surface area (Å²) >= 11 is 0. The van der Waals surface area contributed by atoms with Crippen molar-refractivity contribution in [3.63, 3.8) is 0 Å². The first-order valence-electron chi connectivity index (χ1n) is 9.09. The van der Waals surface area contributed by atoms with E-state index in [4.69, 9.17) is 9.26 Å². The second-order valence-electron chi connectivity index (χ2n) is 6.97. The first-order chi connectivity index (χ1) is 12.6. The molecular formula is C18H25N5O3. The predicted octanol–water partition coefficient (Wildman–Crippen LogP) is 1.92. The third kappa shape index (κ3) is 5.08. The van der Waals surface area contributed by atoms with Gasteiger partial charge < -0.3 is 14.2 Å². The van der Waals surface area contributed by atoms with Crippen molar-refractivity contribution in [2.75, 3.05) is 19.7 Å². The number of rotatable bonds is 7. The second kappa shape index (κ2) is 8.84. The molecule has 1 unspecified atom stereocenters. The highest BCUT2D eigenvalue weighted by Crippen LogP contribution is 2.16. The number of ether oxygens (including phenoxy) is 1. The van der Waals surface area contributed by atoms with Gasteiger partial charge in [0.25, 0.3) is 5.91 Å². The summed E-state index contributed by atoms with van der Waals surface area (Å²) in [4.78, 5) is 26.5. The van der Waals surface area contributed by atoms with Crippen LogP contribution in [0.2, 0.25) is 0 Å². The fourth-order valence-electron chi connectivity index (χ4n) is 2.99. The van der Waals surface area contributed by atoms with E-state index in [2.05, 4.69) is 34.0 Å². The van der Waals surface area contributed by atoms with Gasteiger partial charge in [0, 0.05) is 38.3 Å². The Balaban J connectivity index is 1.45. The lowest BCUT2D eigenvalue weighted by molar-refractivity contribution is 0.00248. The number of likely N-dealkylation sites (tertiary alicyclic amines) is 1. The summed E-state index contributed by atoms with van der Waals surface area (Å²) in [6.07, 6.45) is 7.80. The van der Waals surface area contributed by atoms with Crippen molar-refractivity contribution in [2.24, 2.45) is 5.92 Å². The Labute approximate surface area is 153 Å². The van der Waals surface area contributed by atoms with E-state index in [9.17, 15) is 4.79 Å². The third-order valence-corrected chi connectivity index (χ3v) is 4.25. The van der Waals surface area contributed by atoms with Crippen LogP contribution in [-0.4, -0.2) is 56.7 Å². The summed E-state index contributed by atoms with van der Waals surface area (Å²) in [5, 5.41) is 3.99. The molecule has 8 heteroatoms. The molecule has 1 amide bonds. The minimum Gasteiger partial charge on any atom is -0.376 e. The fraction of sp³-hybridized carbons (Fsp3) is 0.611. The van der Waals surface area contributed by atoms with Crippen molar-refractivity contribution in [1.29, 1.82) is 0 Å². The van der Waals surface area contributed by atoms with Gasteiger partial charge in [0.1, 0.15) is 6.33 Å². The predicted molar refractivity (Wildman–Crippen MR) is 93.5 cm³/mol. The van der Waals surface area contributed by atoms with Crippen molar-refractivity contribution >= 4 is 5.91 Å². The maximum Gasteiger partial charge on any atom is 0.257 e. The van der Waals surface area contributed by atoms with Crippen LogP contribution in [-0.2, 0) is 17.6 Å². The molecule has 0 N–H and O–H groups in total. The van der Waals surface area contributed by atoms with Gasteiger partial charge in [0.05, 0.1) is 18.3 Å². The highest BCUT2D eigenvalue weighted by molar-refractivity contribution is 5.93. The van der Waals surface area contributed by atoms with Gasteiger partial charge in [0.15, 0.2) is 5.82 Å². The summed E-state index contributed by atoms with van der Waals surface area (Å²) < 4.78 is 11.2. The minimum absolute atomic E-state index is 0.0272. The highest BCUT2D eigenvalue weighted by Gasteiger charge is 2.25. The number of amides is 1. The van der Waals surface area contributed by atoms with Gasteiger partial charge in [-0.05, 0) is 18.8 Å². The first-order valence-corrected chi connectivity index (χ1v) is 9.09. The van der Waals surface area contributed by atoms with Crippen LogP contribution < -0.4 is 0 Å². The topological polar surface area (TPSA) is 94.2 Å². The van der Waals surface area contributed by atoms with E-state index < -0.39 is 0 Å². The summed E-state index contributed by atoms with van der Waals surface area (Å²) in [6, 6.07) is 0. The van der Waals surface area contributed by atoms with Crippen LogP contribution in [0.25, 0.3) is 0 Å². The zero-order valence-electron chi connectivity index (χ0n) is 15.3. The van der Waals surface area contributed by atoms with E-state index in [1.165, 1.54) is 6.33 Å². The molecule has 3 rings (SSSR count). The second-order valence-corrected chi connectivity index (χ2v) is 6.97. The smallest absolute Gasteiger partial charge is 0.257 e. The molecule has 26 heavy (non-hydrogen) atoms. The van der Waals surface area contributed by atoms with E-state index >= 15 is 0 Å². The Hall–Kier alpha value is -2.35. The Kier molecular flexibility index (Phi) is 6.27. The maximum atomic E-state index is 12.5. The average Bonchev–Trinajstić information content (AvgIpc) is 3.08. The van der Waals surface area contributed by atoms with Gasteiger partial charge in [-0.2, -0.15) is 4.98 Å². The van der Waals surface area contributed by atoms with Gasteiger partial charge >= 0.3 is 0 Å². The molecule has 3 heterocycles. The molecule has 140 valence electrons. The Morgan fingerprint density at radius 3 is 2.96 bits per heavy atom. The summed E-state index contributed by atoms with van der Waals surface area (Å²) in [5.74, 6) is 1.79. The SMILES string of the molecule is CC(C)Cc1nc(CCOC2CCCN(C(=O)c3cncnc3)C2)no1. The average molecular weight is 359 g/mol. The summed E-state index contributed by atoms with van der Waals surface area (Å²) in [5.41, 5.74) is 0.512. The molecule has 0 bridgehead atoms. The van der Waals surface area contributed by atoms with Crippen molar-refractivity contribution in [3.05, 3.63) is 36.0 Å². The van der Waals surface area contributed by atoms with E-state index in [0.717, 1.165) is 25.8 Å². The number of carbonyl (C=O) groups is 1. The monoisotopic (exact) mass is 359 g/mol. The van der Waals surface area contributed by atoms with Gasteiger partial charge in [-0.3, -0.25) is 4.79 Å². The molecular weight excluding hydrogens is 334 g/mol. The lowest BCUT2D eigenvalue weighted by Crippen LogP contribution is -2.43. The molecule has 0 aromatic carbocycles. The number of carbonyl (C=O) groups excluding carboxylic acids is 1. The molecule has 0 spiro atoms. The van der Waals surface area contributed by atoms with Crippen LogP contribution in [0.1, 0.15) is 48.8 Å². The molecule has 1 fully saturated rings. The van der Waals surface area contributed by atoms with Gasteiger partial charge in [-0.1, -0.05) is 19.0 Å². The van der Waals surface area contributed by atoms with Gasteiger partial charge in [-0.15, -0.1) is 0 Å².